The van der Waals surface area contributed by atoms with Crippen LogP contribution in [-0.4, -0.2) is 34.8 Å². The van der Waals surface area contributed by atoms with E-state index in [0.717, 1.165) is 0 Å². The van der Waals surface area contributed by atoms with Crippen molar-refractivity contribution in [2.45, 2.75) is 39.8 Å². The zero-order valence-corrected chi connectivity index (χ0v) is 13.6. The monoisotopic (exact) mass is 307 g/mol. The van der Waals surface area contributed by atoms with Crippen LogP contribution in [0, 0.1) is 6.57 Å². The van der Waals surface area contributed by atoms with Crippen LogP contribution in [0.5, 0.6) is 0 Å². The summed E-state index contributed by atoms with van der Waals surface area (Å²) in [5, 5.41) is 0. The fourth-order valence-corrected chi connectivity index (χ4v) is 2.39. The van der Waals surface area contributed by atoms with Crippen molar-refractivity contribution in [1.29, 1.82) is 0 Å². The van der Waals surface area contributed by atoms with Gasteiger partial charge in [0.1, 0.15) is 6.61 Å². The maximum absolute atomic E-state index is 9.74. The summed E-state index contributed by atoms with van der Waals surface area (Å²) in [7, 11) is -1.54. The molecule has 15 heavy (non-hydrogen) atoms. The third-order valence-corrected chi connectivity index (χ3v) is 3.40. The van der Waals surface area contributed by atoms with Gasteiger partial charge in [-0.25, -0.2) is 11.2 Å². The molecule has 1 atom stereocenters. The Morgan fingerprint density at radius 1 is 1.33 bits per heavy atom. The van der Waals surface area contributed by atoms with Gasteiger partial charge in [-0.05, 0) is 27.7 Å². The molecule has 0 aromatic heterocycles. The molecule has 0 saturated carbocycles. The first-order chi connectivity index (χ1) is 6.50. The Balaban J connectivity index is 0. The Morgan fingerprint density at radius 3 is 2.13 bits per heavy atom. The number of rotatable bonds is 6. The fourth-order valence-electron chi connectivity index (χ4n) is 1.23. The van der Waals surface area contributed by atoms with Gasteiger partial charge in [0.2, 0.25) is 6.54 Å². The first-order valence-electron chi connectivity index (χ1n) is 4.74. The molecule has 85 valence electrons. The molecule has 0 amide bonds. The van der Waals surface area contributed by atoms with E-state index in [4.69, 9.17) is 11.1 Å². The van der Waals surface area contributed by atoms with Crippen LogP contribution < -0.4 is 0 Å². The van der Waals surface area contributed by atoms with E-state index in [1.807, 2.05) is 32.4 Å². The molecule has 0 aromatic rings. The van der Waals surface area contributed by atoms with E-state index in [9.17, 15) is 4.89 Å². The van der Waals surface area contributed by atoms with Gasteiger partial charge in [-0.1, -0.05) is 0 Å². The summed E-state index contributed by atoms with van der Waals surface area (Å²) in [4.78, 5) is 12.9. The second-order valence-corrected chi connectivity index (χ2v) is 4.76. The molecular formula is C9H19N2O2PY. The van der Waals surface area contributed by atoms with Crippen LogP contribution in [0.25, 0.3) is 4.85 Å². The Bertz CT molecular complexity index is 189. The van der Waals surface area contributed by atoms with Crippen LogP contribution in [0.3, 0.4) is 0 Å². The summed E-state index contributed by atoms with van der Waals surface area (Å²) in [6.07, 6.45) is 0. The van der Waals surface area contributed by atoms with Crippen molar-refractivity contribution in [2.75, 3.05) is 13.2 Å². The topological polar surface area (TPSA) is 37.1 Å². The summed E-state index contributed by atoms with van der Waals surface area (Å²) in [5.41, 5.74) is 0. The van der Waals surface area contributed by atoms with Crippen LogP contribution in [0.1, 0.15) is 27.7 Å². The molecule has 1 unspecified atom stereocenters. The predicted molar refractivity (Wildman–Crippen MR) is 58.7 cm³/mol. The third-order valence-electron chi connectivity index (χ3n) is 1.67. The average Bonchev–Trinajstić information content (AvgIpc) is 2.03. The Hall–Kier alpha value is 0.904. The normalized spacial score (nSPS) is 12.7. The molecule has 6 heteroatoms. The summed E-state index contributed by atoms with van der Waals surface area (Å²) in [5.74, 6) is 0. The predicted octanol–water partition coefficient (Wildman–Crippen LogP) is 2.26. The van der Waals surface area contributed by atoms with Gasteiger partial charge in [-0.2, -0.15) is 0 Å². The average molecular weight is 307 g/mol. The summed E-state index contributed by atoms with van der Waals surface area (Å²) in [6, 6.07) is 0.498. The van der Waals surface area contributed by atoms with Crippen molar-refractivity contribution < 1.29 is 42.1 Å². The quantitative estimate of drug-likeness (QED) is 0.465. The molecule has 0 heterocycles. The Kier molecular flexibility index (Phi) is 12.3. The maximum Gasteiger partial charge on any atom is 0.256 e. The molecule has 1 radical (unpaired) electrons. The van der Waals surface area contributed by atoms with Crippen molar-refractivity contribution >= 4 is 8.53 Å². The summed E-state index contributed by atoms with van der Waals surface area (Å²) in [6.45, 7) is 15.3. The number of nitrogens with zero attached hydrogens (tertiary/aromatic N) is 2. The molecule has 1 N–H and O–H groups in total. The van der Waals surface area contributed by atoms with Gasteiger partial charge >= 0.3 is 0 Å². The fraction of sp³-hybridized carbons (Fsp3) is 0.889. The minimum Gasteiger partial charge on any atom is -0.338 e. The van der Waals surface area contributed by atoms with Crippen molar-refractivity contribution in [2.24, 2.45) is 0 Å². The number of hydrogen-bond acceptors (Lipinski definition) is 3. The molecule has 0 aliphatic rings. The van der Waals surface area contributed by atoms with Crippen molar-refractivity contribution in [3.8, 4) is 0 Å². The van der Waals surface area contributed by atoms with E-state index in [1.54, 1.807) is 0 Å². The van der Waals surface area contributed by atoms with Gasteiger partial charge in [-0.3, -0.25) is 0 Å². The van der Waals surface area contributed by atoms with Gasteiger partial charge in [0, 0.05) is 44.8 Å². The molecule has 0 fully saturated rings. The molecular weight excluding hydrogens is 288 g/mol. The molecule has 0 spiro atoms. The maximum atomic E-state index is 9.74. The first kappa shape index (κ1) is 18.3. The molecule has 0 aliphatic heterocycles. The van der Waals surface area contributed by atoms with E-state index in [1.165, 1.54) is 0 Å². The summed E-state index contributed by atoms with van der Waals surface area (Å²) < 4.78 is 7.12. The molecule has 0 aliphatic carbocycles. The van der Waals surface area contributed by atoms with Gasteiger partial charge in [0.25, 0.3) is 8.53 Å². The van der Waals surface area contributed by atoms with Gasteiger partial charge < -0.3 is 14.3 Å². The van der Waals surface area contributed by atoms with E-state index >= 15 is 0 Å². The van der Waals surface area contributed by atoms with Crippen LogP contribution in [0.2, 0.25) is 0 Å². The van der Waals surface area contributed by atoms with Crippen LogP contribution in [0.4, 0.5) is 0 Å². The smallest absolute Gasteiger partial charge is 0.256 e. The minimum atomic E-state index is -1.54. The van der Waals surface area contributed by atoms with Crippen LogP contribution in [-0.2, 0) is 37.2 Å². The second kappa shape index (κ2) is 10.1. The van der Waals surface area contributed by atoms with E-state index < -0.39 is 8.53 Å². The van der Waals surface area contributed by atoms with Gasteiger partial charge in [0.05, 0.1) is 0 Å². The van der Waals surface area contributed by atoms with E-state index in [2.05, 4.69) is 4.85 Å². The van der Waals surface area contributed by atoms with E-state index in [-0.39, 0.29) is 44.8 Å². The standard InChI is InChI=1S/C9H19N2O2P.Y/c1-8(2)11(9(3)4)14(12)13-7-6-10-5;/h8-9,12H,6-7H2,1-4H3;. The van der Waals surface area contributed by atoms with Crippen molar-refractivity contribution in [3.05, 3.63) is 11.4 Å². The van der Waals surface area contributed by atoms with E-state index in [0.29, 0.717) is 13.2 Å². The van der Waals surface area contributed by atoms with Crippen LogP contribution in [0.15, 0.2) is 0 Å². The van der Waals surface area contributed by atoms with Crippen molar-refractivity contribution in [3.63, 3.8) is 0 Å². The SMILES string of the molecule is [C-]#[N+]CCOP(O)N(C(C)C)C(C)C.[Y]. The zero-order valence-electron chi connectivity index (χ0n) is 9.84. The molecule has 4 nitrogen and oxygen atoms in total. The Morgan fingerprint density at radius 2 is 1.80 bits per heavy atom. The number of hydrogen-bond donors (Lipinski definition) is 1. The summed E-state index contributed by atoms with van der Waals surface area (Å²) >= 11 is 0. The molecule has 0 saturated heterocycles. The second-order valence-electron chi connectivity index (χ2n) is 3.54. The third kappa shape index (κ3) is 7.74. The Labute approximate surface area is 119 Å². The van der Waals surface area contributed by atoms with Crippen LogP contribution >= 0.6 is 8.53 Å². The molecule has 0 aromatic carbocycles. The van der Waals surface area contributed by atoms with Crippen molar-refractivity contribution in [1.82, 2.24) is 4.67 Å². The molecule has 0 bridgehead atoms. The first-order valence-corrected chi connectivity index (χ1v) is 5.90. The minimum absolute atomic E-state index is 0. The molecule has 0 rings (SSSR count). The largest absolute Gasteiger partial charge is 0.338 e. The van der Waals surface area contributed by atoms with Gasteiger partial charge in [0.15, 0.2) is 0 Å². The van der Waals surface area contributed by atoms with Gasteiger partial charge in [-0.15, -0.1) is 0 Å². The zero-order chi connectivity index (χ0) is 11.1.